The van der Waals surface area contributed by atoms with Crippen LogP contribution >= 0.6 is 0 Å². The Hall–Kier alpha value is -2.56. The van der Waals surface area contributed by atoms with Gasteiger partial charge in [-0.2, -0.15) is 13.2 Å². The van der Waals surface area contributed by atoms with Gasteiger partial charge in [0.1, 0.15) is 0 Å². The van der Waals surface area contributed by atoms with Crippen LogP contribution in [0.15, 0.2) is 60.8 Å². The normalized spacial score (nSPS) is 15.1. The SMILES string of the molecule is O=C(/C(=C\N1CCCc2ccccc21)c1ccccc1)C(F)(F)F. The number of anilines is 1. The van der Waals surface area contributed by atoms with E-state index in [-0.39, 0.29) is 11.1 Å². The van der Waals surface area contributed by atoms with E-state index in [2.05, 4.69) is 0 Å². The van der Waals surface area contributed by atoms with Gasteiger partial charge in [-0.1, -0.05) is 48.5 Å². The van der Waals surface area contributed by atoms with Crippen LogP contribution in [-0.2, 0) is 11.2 Å². The Bertz CT molecular complexity index is 766. The van der Waals surface area contributed by atoms with Crippen LogP contribution in [-0.4, -0.2) is 18.5 Å². The molecule has 2 aromatic carbocycles. The van der Waals surface area contributed by atoms with Gasteiger partial charge >= 0.3 is 6.18 Å². The number of ketones is 1. The predicted octanol–water partition coefficient (Wildman–Crippen LogP) is 4.61. The topological polar surface area (TPSA) is 20.3 Å². The molecule has 2 aromatic rings. The van der Waals surface area contributed by atoms with Crippen LogP contribution in [0.1, 0.15) is 17.5 Å². The Morgan fingerprint density at radius 1 is 1.00 bits per heavy atom. The maximum Gasteiger partial charge on any atom is 0.454 e. The minimum atomic E-state index is -4.91. The molecule has 24 heavy (non-hydrogen) atoms. The van der Waals surface area contributed by atoms with E-state index in [1.54, 1.807) is 23.1 Å². The van der Waals surface area contributed by atoms with E-state index >= 15 is 0 Å². The molecule has 124 valence electrons. The minimum absolute atomic E-state index is 0.267. The number of rotatable bonds is 3. The summed E-state index contributed by atoms with van der Waals surface area (Å²) >= 11 is 0. The first kappa shape index (κ1) is 16.3. The summed E-state index contributed by atoms with van der Waals surface area (Å²) in [6.45, 7) is 0.582. The molecule has 1 aliphatic rings. The smallest absolute Gasteiger partial charge is 0.347 e. The lowest BCUT2D eigenvalue weighted by Crippen LogP contribution is -2.28. The molecule has 0 bridgehead atoms. The number of aryl methyl sites for hydroxylation is 1. The number of halogens is 3. The van der Waals surface area contributed by atoms with Gasteiger partial charge in [-0.15, -0.1) is 0 Å². The van der Waals surface area contributed by atoms with E-state index in [0.717, 1.165) is 24.1 Å². The van der Waals surface area contributed by atoms with Crippen LogP contribution < -0.4 is 4.90 Å². The number of carbonyl (C=O) groups is 1. The second-order valence-electron chi connectivity index (χ2n) is 5.66. The molecule has 0 saturated carbocycles. The van der Waals surface area contributed by atoms with Crippen LogP contribution in [0.4, 0.5) is 18.9 Å². The molecule has 0 spiro atoms. The molecule has 1 heterocycles. The van der Waals surface area contributed by atoms with Crippen molar-refractivity contribution >= 4 is 17.0 Å². The first-order chi connectivity index (χ1) is 11.5. The first-order valence-corrected chi connectivity index (χ1v) is 7.70. The van der Waals surface area contributed by atoms with Gasteiger partial charge in [-0.25, -0.2) is 0 Å². The molecule has 0 N–H and O–H groups in total. The quantitative estimate of drug-likeness (QED) is 0.766. The van der Waals surface area contributed by atoms with Gasteiger partial charge in [0.25, 0.3) is 5.78 Å². The Kier molecular flexibility index (Phi) is 4.42. The van der Waals surface area contributed by atoms with Crippen molar-refractivity contribution in [3.05, 3.63) is 71.9 Å². The zero-order chi connectivity index (χ0) is 17.2. The Balaban J connectivity index is 2.07. The highest BCUT2D eigenvalue weighted by Crippen LogP contribution is 2.31. The van der Waals surface area contributed by atoms with Crippen LogP contribution in [0, 0.1) is 0 Å². The standard InChI is InChI=1S/C19H16F3NO/c20-19(21,22)18(24)16(14-7-2-1-3-8-14)13-23-12-6-10-15-9-4-5-11-17(15)23/h1-5,7-9,11,13H,6,10,12H2/b16-13-. The molecule has 2 nitrogen and oxygen atoms in total. The third kappa shape index (κ3) is 3.35. The fourth-order valence-corrected chi connectivity index (χ4v) is 2.89. The zero-order valence-electron chi connectivity index (χ0n) is 12.9. The number of nitrogens with zero attached hydrogens (tertiary/aromatic N) is 1. The molecule has 0 amide bonds. The maximum absolute atomic E-state index is 13.0. The molecule has 0 saturated heterocycles. The number of allylic oxidation sites excluding steroid dienone is 1. The average Bonchev–Trinajstić information content (AvgIpc) is 2.59. The molecular formula is C19H16F3NO. The number of para-hydroxylation sites is 1. The van der Waals surface area contributed by atoms with Crippen molar-refractivity contribution in [3.63, 3.8) is 0 Å². The van der Waals surface area contributed by atoms with E-state index in [4.69, 9.17) is 0 Å². The first-order valence-electron chi connectivity index (χ1n) is 7.70. The second kappa shape index (κ2) is 6.51. The summed E-state index contributed by atoms with van der Waals surface area (Å²) in [5.41, 5.74) is 1.86. The van der Waals surface area contributed by atoms with Crippen LogP contribution in [0.3, 0.4) is 0 Å². The fourth-order valence-electron chi connectivity index (χ4n) is 2.89. The lowest BCUT2D eigenvalue weighted by atomic mass is 9.99. The highest BCUT2D eigenvalue weighted by molar-refractivity contribution is 6.23. The largest absolute Gasteiger partial charge is 0.454 e. The predicted molar refractivity (Wildman–Crippen MR) is 87.6 cm³/mol. The van der Waals surface area contributed by atoms with Gasteiger partial charge in [-0.05, 0) is 30.0 Å². The molecule has 0 aromatic heterocycles. The van der Waals surface area contributed by atoms with E-state index in [9.17, 15) is 18.0 Å². The van der Waals surface area contributed by atoms with Crippen LogP contribution in [0.25, 0.3) is 5.57 Å². The van der Waals surface area contributed by atoms with Gasteiger partial charge in [0.2, 0.25) is 0 Å². The molecule has 0 atom stereocenters. The molecule has 0 aliphatic carbocycles. The molecule has 0 radical (unpaired) electrons. The molecule has 0 unspecified atom stereocenters. The van der Waals surface area contributed by atoms with E-state index in [0.29, 0.717) is 6.54 Å². The van der Waals surface area contributed by atoms with E-state index < -0.39 is 12.0 Å². The number of Topliss-reactive ketones (excluding diaryl/α,β-unsaturated/α-hetero) is 1. The summed E-state index contributed by atoms with van der Waals surface area (Å²) in [5, 5.41) is 0. The van der Waals surface area contributed by atoms with Crippen molar-refractivity contribution in [2.75, 3.05) is 11.4 Å². The molecule has 0 fully saturated rings. The molecule has 1 aliphatic heterocycles. The Morgan fingerprint density at radius 3 is 2.38 bits per heavy atom. The number of hydrogen-bond acceptors (Lipinski definition) is 2. The van der Waals surface area contributed by atoms with Crippen molar-refractivity contribution in [1.82, 2.24) is 0 Å². The average molecular weight is 331 g/mol. The summed E-state index contributed by atoms with van der Waals surface area (Å²) in [6, 6.07) is 15.6. The van der Waals surface area contributed by atoms with Crippen LogP contribution in [0.2, 0.25) is 0 Å². The van der Waals surface area contributed by atoms with E-state index in [1.807, 2.05) is 24.3 Å². The summed E-state index contributed by atoms with van der Waals surface area (Å²) in [4.78, 5) is 13.7. The van der Waals surface area contributed by atoms with Crippen molar-refractivity contribution in [1.29, 1.82) is 0 Å². The summed E-state index contributed by atoms with van der Waals surface area (Å²) in [6.07, 6.45) is -1.86. The number of fused-ring (bicyclic) bond motifs is 1. The monoisotopic (exact) mass is 331 g/mol. The van der Waals surface area contributed by atoms with Gasteiger partial charge in [0, 0.05) is 18.4 Å². The zero-order valence-corrected chi connectivity index (χ0v) is 12.9. The van der Waals surface area contributed by atoms with Crippen molar-refractivity contribution < 1.29 is 18.0 Å². The van der Waals surface area contributed by atoms with Gasteiger partial charge in [0.15, 0.2) is 0 Å². The van der Waals surface area contributed by atoms with Crippen molar-refractivity contribution in [2.24, 2.45) is 0 Å². The Labute approximate surface area is 138 Å². The summed E-state index contributed by atoms with van der Waals surface area (Å²) in [5.74, 6) is -1.82. The lowest BCUT2D eigenvalue weighted by molar-refractivity contribution is -0.164. The summed E-state index contributed by atoms with van der Waals surface area (Å²) < 4.78 is 39.1. The highest BCUT2D eigenvalue weighted by Gasteiger charge is 2.41. The van der Waals surface area contributed by atoms with Crippen molar-refractivity contribution in [3.8, 4) is 0 Å². The Morgan fingerprint density at radius 2 is 1.67 bits per heavy atom. The van der Waals surface area contributed by atoms with Crippen molar-refractivity contribution in [2.45, 2.75) is 19.0 Å². The van der Waals surface area contributed by atoms with Gasteiger partial charge in [-0.3, -0.25) is 4.79 Å². The maximum atomic E-state index is 13.0. The van der Waals surface area contributed by atoms with E-state index in [1.165, 1.54) is 18.3 Å². The molecule has 3 rings (SSSR count). The lowest BCUT2D eigenvalue weighted by Gasteiger charge is -2.29. The fraction of sp³-hybridized carbons (Fsp3) is 0.211. The highest BCUT2D eigenvalue weighted by atomic mass is 19.4. The third-order valence-corrected chi connectivity index (χ3v) is 4.02. The second-order valence-corrected chi connectivity index (χ2v) is 5.66. The van der Waals surface area contributed by atoms with Crippen LogP contribution in [0.5, 0.6) is 0 Å². The number of alkyl halides is 3. The van der Waals surface area contributed by atoms with Gasteiger partial charge < -0.3 is 4.90 Å². The third-order valence-electron chi connectivity index (χ3n) is 4.02. The number of benzene rings is 2. The number of hydrogen-bond donors (Lipinski definition) is 0. The van der Waals surface area contributed by atoms with Gasteiger partial charge in [0.05, 0.1) is 5.57 Å². The molecular weight excluding hydrogens is 315 g/mol. The summed E-state index contributed by atoms with van der Waals surface area (Å²) in [7, 11) is 0. The molecule has 5 heteroatoms. The number of carbonyl (C=O) groups excluding carboxylic acids is 1. The minimum Gasteiger partial charge on any atom is -0.347 e.